The fraction of sp³-hybridized carbons (Fsp3) is 0.360. The summed E-state index contributed by atoms with van der Waals surface area (Å²) >= 11 is 0. The molecule has 3 rings (SSSR count). The number of carboxylic acid groups (broad SMARTS) is 1. The van der Waals surface area contributed by atoms with Crippen LogP contribution in [0.3, 0.4) is 0 Å². The standard InChI is InChI=1S/C25H29N3O5/c1-15-7-9-17(10-8-15)18-6-5-11-25(3,13-18)19(12-20(29)30)26-24(33)27-21-22(31)16(2)14-28(4)23(21)32/h5-11,14,19,21H,12-13H2,1-4H3,(H,29,30)(H2,26,27,33). The molecule has 0 spiro atoms. The van der Waals surface area contributed by atoms with E-state index in [1.165, 1.54) is 18.1 Å². The van der Waals surface area contributed by atoms with Gasteiger partial charge < -0.3 is 20.6 Å². The number of nitrogens with zero attached hydrogens (tertiary/aromatic N) is 1. The van der Waals surface area contributed by atoms with Crippen LogP contribution in [0.25, 0.3) is 5.57 Å². The Morgan fingerprint density at radius 1 is 1.21 bits per heavy atom. The minimum atomic E-state index is -1.34. The molecule has 3 N–H and O–H groups in total. The van der Waals surface area contributed by atoms with Crippen LogP contribution in [0.4, 0.5) is 4.79 Å². The summed E-state index contributed by atoms with van der Waals surface area (Å²) in [4.78, 5) is 50.4. The number of likely N-dealkylation sites (N-methyl/N-ethyl adjacent to an activating group) is 1. The summed E-state index contributed by atoms with van der Waals surface area (Å²) in [6, 6.07) is 5.17. The zero-order chi connectivity index (χ0) is 24.3. The number of hydrogen-bond donors (Lipinski definition) is 3. The van der Waals surface area contributed by atoms with E-state index in [1.54, 1.807) is 6.92 Å². The Morgan fingerprint density at radius 3 is 2.52 bits per heavy atom. The lowest BCUT2D eigenvalue weighted by atomic mass is 9.72. The molecule has 33 heavy (non-hydrogen) atoms. The first-order valence-electron chi connectivity index (χ1n) is 10.7. The topological polar surface area (TPSA) is 116 Å². The Bertz CT molecular complexity index is 1070. The van der Waals surface area contributed by atoms with Gasteiger partial charge in [-0.1, -0.05) is 55.0 Å². The van der Waals surface area contributed by atoms with Crippen LogP contribution in [0.5, 0.6) is 0 Å². The third kappa shape index (κ3) is 5.39. The van der Waals surface area contributed by atoms with Crippen LogP contribution in [-0.2, 0) is 14.4 Å². The number of benzene rings is 1. The highest BCUT2D eigenvalue weighted by molar-refractivity contribution is 6.16. The summed E-state index contributed by atoms with van der Waals surface area (Å²) in [7, 11) is 1.50. The Kier molecular flexibility index (Phi) is 6.86. The molecule has 1 aliphatic heterocycles. The molecule has 0 saturated carbocycles. The number of ketones is 1. The van der Waals surface area contributed by atoms with Crippen molar-refractivity contribution in [3.05, 3.63) is 65.4 Å². The van der Waals surface area contributed by atoms with Crippen LogP contribution in [0.1, 0.15) is 37.8 Å². The zero-order valence-electron chi connectivity index (χ0n) is 19.2. The Hall–Kier alpha value is -3.68. The molecule has 3 atom stereocenters. The summed E-state index contributed by atoms with van der Waals surface area (Å²) in [6.07, 6.45) is 7.34. The van der Waals surface area contributed by atoms with E-state index >= 15 is 0 Å². The number of urea groups is 1. The lowest BCUT2D eigenvalue weighted by molar-refractivity contribution is -0.138. The van der Waals surface area contributed by atoms with E-state index in [0.717, 1.165) is 16.7 Å². The molecule has 0 radical (unpaired) electrons. The van der Waals surface area contributed by atoms with Gasteiger partial charge in [0.2, 0.25) is 0 Å². The van der Waals surface area contributed by atoms with Crippen molar-refractivity contribution in [2.75, 3.05) is 7.05 Å². The molecule has 3 unspecified atom stereocenters. The first kappa shape index (κ1) is 24.0. The van der Waals surface area contributed by atoms with Gasteiger partial charge in [0.25, 0.3) is 5.91 Å². The summed E-state index contributed by atoms with van der Waals surface area (Å²) in [5.74, 6) is -2.11. The molecule has 0 saturated heterocycles. The third-order valence-corrected chi connectivity index (χ3v) is 6.16. The van der Waals surface area contributed by atoms with Crippen molar-refractivity contribution in [2.24, 2.45) is 5.41 Å². The van der Waals surface area contributed by atoms with Gasteiger partial charge in [0, 0.05) is 24.2 Å². The van der Waals surface area contributed by atoms with Crippen molar-refractivity contribution in [3.8, 4) is 0 Å². The molecule has 174 valence electrons. The number of amides is 3. The summed E-state index contributed by atoms with van der Waals surface area (Å²) < 4.78 is 0. The molecule has 3 amide bonds. The monoisotopic (exact) mass is 451 g/mol. The number of carbonyl (C=O) groups excluding carboxylic acids is 3. The highest BCUT2D eigenvalue weighted by atomic mass is 16.4. The van der Waals surface area contributed by atoms with E-state index < -0.39 is 41.2 Å². The lowest BCUT2D eigenvalue weighted by Crippen LogP contribution is -2.58. The van der Waals surface area contributed by atoms with Crippen molar-refractivity contribution < 1.29 is 24.3 Å². The predicted octanol–water partition coefficient (Wildman–Crippen LogP) is 2.80. The predicted molar refractivity (Wildman–Crippen MR) is 124 cm³/mol. The van der Waals surface area contributed by atoms with Gasteiger partial charge in [0.1, 0.15) is 0 Å². The van der Waals surface area contributed by atoms with Gasteiger partial charge in [0.05, 0.1) is 12.5 Å². The maximum atomic E-state index is 12.8. The second-order valence-corrected chi connectivity index (χ2v) is 8.93. The van der Waals surface area contributed by atoms with E-state index in [9.17, 15) is 24.3 Å². The number of carbonyl (C=O) groups is 4. The maximum Gasteiger partial charge on any atom is 0.316 e. The Morgan fingerprint density at radius 2 is 1.88 bits per heavy atom. The van der Waals surface area contributed by atoms with Gasteiger partial charge in [-0.05, 0) is 31.4 Å². The van der Waals surface area contributed by atoms with E-state index in [1.807, 2.05) is 56.3 Å². The van der Waals surface area contributed by atoms with E-state index in [-0.39, 0.29) is 6.42 Å². The Labute approximate surface area is 193 Å². The molecule has 0 bridgehead atoms. The SMILES string of the molecule is CC1=CN(C)C(=O)C(NC(=O)NC(CC(=O)O)C2(C)C=CC=C(c3ccc(C)cc3)C2)C1=O. The molecule has 0 fully saturated rings. The second-order valence-electron chi connectivity index (χ2n) is 8.93. The molecule has 8 nitrogen and oxygen atoms in total. The number of hydrogen-bond acceptors (Lipinski definition) is 4. The van der Waals surface area contributed by atoms with Gasteiger partial charge in [-0.15, -0.1) is 0 Å². The summed E-state index contributed by atoms with van der Waals surface area (Å²) in [5.41, 5.74) is 2.84. The normalized spacial score (nSPS) is 23.5. The van der Waals surface area contributed by atoms with Crippen LogP contribution in [0.2, 0.25) is 0 Å². The van der Waals surface area contributed by atoms with Gasteiger partial charge in [-0.25, -0.2) is 4.79 Å². The number of Topliss-reactive ketones (excluding diaryl/α,β-unsaturated/α-hetero) is 1. The van der Waals surface area contributed by atoms with Crippen molar-refractivity contribution in [3.63, 3.8) is 0 Å². The molecule has 1 aromatic carbocycles. The van der Waals surface area contributed by atoms with Crippen LogP contribution in [0.15, 0.2) is 54.3 Å². The number of aliphatic carboxylic acids is 1. The van der Waals surface area contributed by atoms with Crippen LogP contribution in [0, 0.1) is 12.3 Å². The quantitative estimate of drug-likeness (QED) is 0.575. The average Bonchev–Trinajstić information content (AvgIpc) is 2.75. The van der Waals surface area contributed by atoms with Crippen LogP contribution < -0.4 is 10.6 Å². The van der Waals surface area contributed by atoms with E-state index in [4.69, 9.17) is 0 Å². The van der Waals surface area contributed by atoms with Crippen molar-refractivity contribution in [1.82, 2.24) is 15.5 Å². The third-order valence-electron chi connectivity index (χ3n) is 6.16. The number of aryl methyl sites for hydroxylation is 1. The highest BCUT2D eigenvalue weighted by Crippen LogP contribution is 2.39. The van der Waals surface area contributed by atoms with Gasteiger partial charge in [0.15, 0.2) is 11.8 Å². The lowest BCUT2D eigenvalue weighted by Gasteiger charge is -2.38. The largest absolute Gasteiger partial charge is 0.481 e. The van der Waals surface area contributed by atoms with Gasteiger partial charge in [-0.2, -0.15) is 0 Å². The molecule has 2 aliphatic rings. The molecule has 1 aliphatic carbocycles. The molecular formula is C25H29N3O5. The maximum absolute atomic E-state index is 12.8. The molecule has 1 aromatic rings. The van der Waals surface area contributed by atoms with Crippen LogP contribution >= 0.6 is 0 Å². The fourth-order valence-corrected chi connectivity index (χ4v) is 4.16. The minimum Gasteiger partial charge on any atom is -0.481 e. The van der Waals surface area contributed by atoms with Crippen molar-refractivity contribution in [2.45, 2.75) is 45.7 Å². The highest BCUT2D eigenvalue weighted by Gasteiger charge is 2.39. The first-order valence-corrected chi connectivity index (χ1v) is 10.7. The van der Waals surface area contributed by atoms with E-state index in [0.29, 0.717) is 12.0 Å². The minimum absolute atomic E-state index is 0.319. The zero-order valence-corrected chi connectivity index (χ0v) is 19.2. The summed E-state index contributed by atoms with van der Waals surface area (Å²) in [6.45, 7) is 5.46. The summed E-state index contributed by atoms with van der Waals surface area (Å²) in [5, 5.41) is 14.6. The molecule has 8 heteroatoms. The number of rotatable bonds is 6. The average molecular weight is 452 g/mol. The molecule has 1 heterocycles. The van der Waals surface area contributed by atoms with Crippen molar-refractivity contribution in [1.29, 1.82) is 0 Å². The van der Waals surface area contributed by atoms with Gasteiger partial charge in [-0.3, -0.25) is 14.4 Å². The van der Waals surface area contributed by atoms with Crippen LogP contribution in [-0.4, -0.2) is 52.8 Å². The molecular weight excluding hydrogens is 422 g/mol. The van der Waals surface area contributed by atoms with Gasteiger partial charge >= 0.3 is 12.0 Å². The first-order chi connectivity index (χ1) is 15.5. The molecule has 0 aromatic heterocycles. The fourth-order valence-electron chi connectivity index (χ4n) is 4.16. The van der Waals surface area contributed by atoms with E-state index in [2.05, 4.69) is 10.6 Å². The Balaban J connectivity index is 1.78. The second kappa shape index (κ2) is 9.44. The van der Waals surface area contributed by atoms with Crippen molar-refractivity contribution >= 4 is 29.3 Å². The number of nitrogens with one attached hydrogen (secondary N) is 2. The smallest absolute Gasteiger partial charge is 0.316 e. The number of allylic oxidation sites excluding steroid dienone is 3. The number of carboxylic acids is 1.